The number of nitrogens with zero attached hydrogens (tertiary/aromatic N) is 2. The molecule has 1 aromatic heterocycles. The molecule has 1 N–H and O–H groups in total. The van der Waals surface area contributed by atoms with Gasteiger partial charge in [-0.25, -0.2) is 4.98 Å². The lowest BCUT2D eigenvalue weighted by Crippen LogP contribution is -2.04. The number of hydrogen-bond donors (Lipinski definition) is 1. The standard InChI is InChI=1S/C13H21N3O2S/c1-11-9-13(15-10-12(11)16(17)18)14-7-5-3-4-6-8-19-2/h9-10H,3-8H2,1-2H3,(H,14,15). The second-order valence-corrected chi connectivity index (χ2v) is 5.43. The quantitative estimate of drug-likeness (QED) is 0.426. The molecule has 0 saturated carbocycles. The van der Waals surface area contributed by atoms with E-state index in [0.717, 1.165) is 13.0 Å². The molecule has 1 aromatic rings. The third kappa shape index (κ3) is 5.92. The molecule has 0 atom stereocenters. The SMILES string of the molecule is CSCCCCCCNc1cc(C)c([N+](=O)[O-])cn1. The first-order chi connectivity index (χ1) is 9.15. The lowest BCUT2D eigenvalue weighted by molar-refractivity contribution is -0.385. The summed E-state index contributed by atoms with van der Waals surface area (Å²) in [5, 5.41) is 13.9. The van der Waals surface area contributed by atoms with Crippen molar-refractivity contribution in [2.24, 2.45) is 0 Å². The van der Waals surface area contributed by atoms with Crippen LogP contribution < -0.4 is 5.32 Å². The van der Waals surface area contributed by atoms with Crippen molar-refractivity contribution >= 4 is 23.3 Å². The lowest BCUT2D eigenvalue weighted by atomic mass is 10.2. The Morgan fingerprint density at radius 1 is 1.37 bits per heavy atom. The summed E-state index contributed by atoms with van der Waals surface area (Å²) in [6.45, 7) is 2.59. The monoisotopic (exact) mass is 283 g/mol. The summed E-state index contributed by atoms with van der Waals surface area (Å²) in [4.78, 5) is 14.3. The van der Waals surface area contributed by atoms with Gasteiger partial charge >= 0.3 is 0 Å². The minimum Gasteiger partial charge on any atom is -0.370 e. The van der Waals surface area contributed by atoms with Crippen molar-refractivity contribution < 1.29 is 4.92 Å². The Balaban J connectivity index is 2.26. The van der Waals surface area contributed by atoms with Gasteiger partial charge in [-0.15, -0.1) is 0 Å². The smallest absolute Gasteiger partial charge is 0.290 e. The number of unbranched alkanes of at least 4 members (excludes halogenated alkanes) is 3. The molecule has 19 heavy (non-hydrogen) atoms. The molecule has 0 aromatic carbocycles. The highest BCUT2D eigenvalue weighted by Crippen LogP contribution is 2.18. The molecule has 6 heteroatoms. The molecular formula is C13H21N3O2S. The summed E-state index contributed by atoms with van der Waals surface area (Å²) < 4.78 is 0. The highest BCUT2D eigenvalue weighted by Gasteiger charge is 2.10. The van der Waals surface area contributed by atoms with Crippen LogP contribution >= 0.6 is 11.8 Å². The molecule has 106 valence electrons. The van der Waals surface area contributed by atoms with Crippen LogP contribution in [-0.4, -0.2) is 28.5 Å². The zero-order valence-corrected chi connectivity index (χ0v) is 12.3. The average molecular weight is 283 g/mol. The second-order valence-electron chi connectivity index (χ2n) is 4.45. The third-order valence-corrected chi connectivity index (χ3v) is 3.56. The summed E-state index contributed by atoms with van der Waals surface area (Å²) in [5.74, 6) is 1.95. The van der Waals surface area contributed by atoms with Gasteiger partial charge in [-0.05, 0) is 37.8 Å². The fourth-order valence-electron chi connectivity index (χ4n) is 1.78. The zero-order chi connectivity index (χ0) is 14.1. The van der Waals surface area contributed by atoms with Crippen molar-refractivity contribution in [3.63, 3.8) is 0 Å². The van der Waals surface area contributed by atoms with Crippen LogP contribution in [0.3, 0.4) is 0 Å². The van der Waals surface area contributed by atoms with E-state index >= 15 is 0 Å². The van der Waals surface area contributed by atoms with Gasteiger partial charge in [-0.1, -0.05) is 12.8 Å². The van der Waals surface area contributed by atoms with E-state index < -0.39 is 4.92 Å². The van der Waals surface area contributed by atoms with Crippen molar-refractivity contribution in [3.8, 4) is 0 Å². The van der Waals surface area contributed by atoms with E-state index in [1.807, 2.05) is 11.8 Å². The molecule has 0 unspecified atom stereocenters. The van der Waals surface area contributed by atoms with E-state index in [9.17, 15) is 10.1 Å². The van der Waals surface area contributed by atoms with Gasteiger partial charge in [0, 0.05) is 12.1 Å². The van der Waals surface area contributed by atoms with E-state index in [-0.39, 0.29) is 5.69 Å². The predicted molar refractivity (Wildman–Crippen MR) is 81.0 cm³/mol. The van der Waals surface area contributed by atoms with Gasteiger partial charge in [-0.3, -0.25) is 10.1 Å². The van der Waals surface area contributed by atoms with Gasteiger partial charge in [-0.2, -0.15) is 11.8 Å². The summed E-state index contributed by atoms with van der Waals surface area (Å²) in [6.07, 6.45) is 8.29. The molecule has 0 aliphatic heterocycles. The van der Waals surface area contributed by atoms with Crippen molar-refractivity contribution in [2.75, 3.05) is 23.9 Å². The van der Waals surface area contributed by atoms with Crippen molar-refractivity contribution in [3.05, 3.63) is 27.9 Å². The maximum absolute atomic E-state index is 10.7. The van der Waals surface area contributed by atoms with Crippen molar-refractivity contribution in [1.82, 2.24) is 4.98 Å². The van der Waals surface area contributed by atoms with Crippen LogP contribution in [0.15, 0.2) is 12.3 Å². The Morgan fingerprint density at radius 3 is 2.74 bits per heavy atom. The number of rotatable bonds is 9. The Hall–Kier alpha value is -1.30. The lowest BCUT2D eigenvalue weighted by Gasteiger charge is -2.06. The molecule has 0 aliphatic rings. The minimum atomic E-state index is -0.405. The number of nitro groups is 1. The van der Waals surface area contributed by atoms with Crippen LogP contribution in [0.2, 0.25) is 0 Å². The molecular weight excluding hydrogens is 262 g/mol. The first-order valence-electron chi connectivity index (χ1n) is 6.49. The summed E-state index contributed by atoms with van der Waals surface area (Å²) in [6, 6.07) is 1.73. The van der Waals surface area contributed by atoms with Gasteiger partial charge in [0.05, 0.1) is 4.92 Å². The van der Waals surface area contributed by atoms with Gasteiger partial charge in [0.1, 0.15) is 12.0 Å². The molecule has 5 nitrogen and oxygen atoms in total. The molecule has 0 amide bonds. The Bertz CT molecular complexity index is 413. The maximum atomic E-state index is 10.7. The van der Waals surface area contributed by atoms with Gasteiger partial charge < -0.3 is 5.32 Å². The number of pyridine rings is 1. The highest BCUT2D eigenvalue weighted by molar-refractivity contribution is 7.98. The van der Waals surface area contributed by atoms with Crippen molar-refractivity contribution in [1.29, 1.82) is 0 Å². The summed E-state index contributed by atoms with van der Waals surface area (Å²) in [7, 11) is 0. The van der Waals surface area contributed by atoms with E-state index in [2.05, 4.69) is 16.6 Å². The molecule has 0 fully saturated rings. The number of nitrogens with one attached hydrogen (secondary N) is 1. The van der Waals surface area contributed by atoms with E-state index in [1.54, 1.807) is 13.0 Å². The van der Waals surface area contributed by atoms with Crippen LogP contribution in [0.1, 0.15) is 31.2 Å². The third-order valence-electron chi connectivity index (χ3n) is 2.86. The maximum Gasteiger partial charge on any atom is 0.290 e. The molecule has 0 aliphatic carbocycles. The number of anilines is 1. The Labute approximate surface area is 118 Å². The first-order valence-corrected chi connectivity index (χ1v) is 7.88. The van der Waals surface area contributed by atoms with Gasteiger partial charge in [0.15, 0.2) is 0 Å². The largest absolute Gasteiger partial charge is 0.370 e. The molecule has 0 bridgehead atoms. The van der Waals surface area contributed by atoms with Crippen LogP contribution in [-0.2, 0) is 0 Å². The van der Waals surface area contributed by atoms with Crippen LogP contribution in [0.5, 0.6) is 0 Å². The van der Waals surface area contributed by atoms with E-state index in [4.69, 9.17) is 0 Å². The Morgan fingerprint density at radius 2 is 2.11 bits per heavy atom. The fourth-order valence-corrected chi connectivity index (χ4v) is 2.27. The second kappa shape index (κ2) is 8.74. The van der Waals surface area contributed by atoms with Crippen LogP contribution in [0.4, 0.5) is 11.5 Å². The average Bonchev–Trinajstić information content (AvgIpc) is 2.37. The number of thioether (sulfide) groups is 1. The number of aromatic nitrogens is 1. The Kier molecular flexibility index (Phi) is 7.25. The van der Waals surface area contributed by atoms with E-state index in [0.29, 0.717) is 11.4 Å². The van der Waals surface area contributed by atoms with Crippen LogP contribution in [0, 0.1) is 17.0 Å². The molecule has 0 radical (unpaired) electrons. The highest BCUT2D eigenvalue weighted by atomic mass is 32.2. The number of aryl methyl sites for hydroxylation is 1. The van der Waals surface area contributed by atoms with Gasteiger partial charge in [0.25, 0.3) is 5.69 Å². The molecule has 0 saturated heterocycles. The normalized spacial score (nSPS) is 10.4. The van der Waals surface area contributed by atoms with Crippen LogP contribution in [0.25, 0.3) is 0 Å². The molecule has 1 rings (SSSR count). The predicted octanol–water partition coefficient (Wildman–Crippen LogP) is 3.63. The van der Waals surface area contributed by atoms with Gasteiger partial charge in [0.2, 0.25) is 0 Å². The topological polar surface area (TPSA) is 68.1 Å². The van der Waals surface area contributed by atoms with Crippen molar-refractivity contribution in [2.45, 2.75) is 32.6 Å². The first kappa shape index (κ1) is 15.8. The minimum absolute atomic E-state index is 0.0719. The fraction of sp³-hybridized carbons (Fsp3) is 0.615. The summed E-state index contributed by atoms with van der Waals surface area (Å²) in [5.41, 5.74) is 0.713. The molecule has 1 heterocycles. The summed E-state index contributed by atoms with van der Waals surface area (Å²) >= 11 is 1.89. The molecule has 0 spiro atoms. The zero-order valence-electron chi connectivity index (χ0n) is 11.5. The number of hydrogen-bond acceptors (Lipinski definition) is 5. The van der Waals surface area contributed by atoms with E-state index in [1.165, 1.54) is 31.2 Å².